The molecule has 0 saturated heterocycles. The number of hydrogen-bond acceptors (Lipinski definition) is 4. The van der Waals surface area contributed by atoms with E-state index in [-0.39, 0.29) is 12.3 Å². The van der Waals surface area contributed by atoms with Crippen molar-refractivity contribution in [3.05, 3.63) is 30.6 Å². The Morgan fingerprint density at radius 1 is 1.29 bits per heavy atom. The number of aryl methyl sites for hydroxylation is 1. The van der Waals surface area contributed by atoms with E-state index in [0.717, 1.165) is 5.56 Å². The monoisotopic (exact) mass is 231 g/mol. The first kappa shape index (κ1) is 11.1. The molecular formula is C11H13N5O. The van der Waals surface area contributed by atoms with Gasteiger partial charge in [-0.25, -0.2) is 4.98 Å². The summed E-state index contributed by atoms with van der Waals surface area (Å²) in [5.41, 5.74) is 12.2. The van der Waals surface area contributed by atoms with Crippen molar-refractivity contribution in [1.29, 1.82) is 0 Å². The van der Waals surface area contributed by atoms with Gasteiger partial charge in [0.1, 0.15) is 6.33 Å². The molecule has 1 aromatic heterocycles. The Morgan fingerprint density at radius 3 is 2.65 bits per heavy atom. The summed E-state index contributed by atoms with van der Waals surface area (Å²) in [4.78, 5) is 14.8. The van der Waals surface area contributed by atoms with Crippen molar-refractivity contribution >= 4 is 11.6 Å². The van der Waals surface area contributed by atoms with E-state index in [1.165, 1.54) is 0 Å². The third-order valence-electron chi connectivity index (χ3n) is 2.29. The quantitative estimate of drug-likeness (QED) is 0.744. The van der Waals surface area contributed by atoms with E-state index in [1.807, 2.05) is 12.1 Å². The summed E-state index contributed by atoms with van der Waals surface area (Å²) < 4.78 is 1.59. The molecule has 1 aromatic carbocycles. The van der Waals surface area contributed by atoms with Crippen LogP contribution in [0.25, 0.3) is 11.4 Å². The van der Waals surface area contributed by atoms with Crippen LogP contribution in [-0.4, -0.2) is 20.7 Å². The van der Waals surface area contributed by atoms with Gasteiger partial charge in [-0.1, -0.05) is 0 Å². The molecule has 6 heteroatoms. The SMILES string of the molecule is NC(=O)CCn1cnc(-c2ccc(N)cc2)n1. The fraction of sp³-hybridized carbons (Fsp3) is 0.182. The molecule has 0 spiro atoms. The zero-order valence-electron chi connectivity index (χ0n) is 9.21. The lowest BCUT2D eigenvalue weighted by Gasteiger charge is -1.97. The Balaban J connectivity index is 2.12. The second-order valence-electron chi connectivity index (χ2n) is 3.67. The molecule has 1 heterocycles. The van der Waals surface area contributed by atoms with Crippen LogP contribution in [0.4, 0.5) is 5.69 Å². The molecule has 17 heavy (non-hydrogen) atoms. The van der Waals surface area contributed by atoms with Gasteiger partial charge in [0.25, 0.3) is 0 Å². The van der Waals surface area contributed by atoms with E-state index in [9.17, 15) is 4.79 Å². The summed E-state index contributed by atoms with van der Waals surface area (Å²) in [5.74, 6) is 0.254. The van der Waals surface area contributed by atoms with Crippen molar-refractivity contribution in [2.24, 2.45) is 5.73 Å². The Labute approximate surface area is 98.3 Å². The number of nitrogens with two attached hydrogens (primary N) is 2. The van der Waals surface area contributed by atoms with Crippen molar-refractivity contribution in [2.75, 3.05) is 5.73 Å². The van der Waals surface area contributed by atoms with Crippen LogP contribution >= 0.6 is 0 Å². The summed E-state index contributed by atoms with van der Waals surface area (Å²) >= 11 is 0. The number of amides is 1. The number of anilines is 1. The lowest BCUT2D eigenvalue weighted by Crippen LogP contribution is -2.14. The predicted octanol–water partition coefficient (Wildman–Crippen LogP) is 0.403. The fourth-order valence-corrected chi connectivity index (χ4v) is 1.39. The molecular weight excluding hydrogens is 218 g/mol. The van der Waals surface area contributed by atoms with Crippen LogP contribution in [0.5, 0.6) is 0 Å². The van der Waals surface area contributed by atoms with Gasteiger partial charge in [0.15, 0.2) is 5.82 Å². The summed E-state index contributed by atoms with van der Waals surface area (Å²) in [5, 5.41) is 4.24. The van der Waals surface area contributed by atoms with E-state index in [1.54, 1.807) is 23.1 Å². The molecule has 6 nitrogen and oxygen atoms in total. The van der Waals surface area contributed by atoms with Crippen molar-refractivity contribution in [3.8, 4) is 11.4 Å². The van der Waals surface area contributed by atoms with Crippen LogP contribution in [0.3, 0.4) is 0 Å². The standard InChI is InChI=1S/C11H13N5O/c12-9-3-1-8(2-4-9)11-14-7-16(15-11)6-5-10(13)17/h1-4,7H,5-6,12H2,(H2,13,17). The van der Waals surface area contributed by atoms with Gasteiger partial charge in [0.2, 0.25) is 5.91 Å². The molecule has 2 rings (SSSR count). The Hall–Kier alpha value is -2.37. The molecule has 88 valence electrons. The number of hydrogen-bond donors (Lipinski definition) is 2. The maximum Gasteiger partial charge on any atom is 0.219 e. The smallest absolute Gasteiger partial charge is 0.219 e. The molecule has 0 aliphatic rings. The molecule has 0 unspecified atom stereocenters. The maximum absolute atomic E-state index is 10.6. The molecule has 4 N–H and O–H groups in total. The maximum atomic E-state index is 10.6. The van der Waals surface area contributed by atoms with E-state index >= 15 is 0 Å². The zero-order valence-corrected chi connectivity index (χ0v) is 9.21. The minimum atomic E-state index is -0.352. The highest BCUT2D eigenvalue weighted by molar-refractivity contribution is 5.73. The molecule has 0 saturated carbocycles. The molecule has 0 aliphatic heterocycles. The van der Waals surface area contributed by atoms with E-state index in [4.69, 9.17) is 11.5 Å². The largest absolute Gasteiger partial charge is 0.399 e. The minimum Gasteiger partial charge on any atom is -0.399 e. The van der Waals surface area contributed by atoms with Gasteiger partial charge in [0, 0.05) is 17.7 Å². The first-order chi connectivity index (χ1) is 8.15. The number of benzene rings is 1. The lowest BCUT2D eigenvalue weighted by molar-refractivity contribution is -0.118. The second-order valence-corrected chi connectivity index (χ2v) is 3.67. The molecule has 0 radical (unpaired) electrons. The van der Waals surface area contributed by atoms with Crippen molar-refractivity contribution < 1.29 is 4.79 Å². The van der Waals surface area contributed by atoms with Crippen molar-refractivity contribution in [3.63, 3.8) is 0 Å². The predicted molar refractivity (Wildman–Crippen MR) is 63.7 cm³/mol. The first-order valence-electron chi connectivity index (χ1n) is 5.19. The van der Waals surface area contributed by atoms with Crippen LogP contribution < -0.4 is 11.5 Å². The Morgan fingerprint density at radius 2 is 2.00 bits per heavy atom. The number of nitrogen functional groups attached to an aromatic ring is 1. The highest BCUT2D eigenvalue weighted by Crippen LogP contribution is 2.15. The van der Waals surface area contributed by atoms with Gasteiger partial charge in [-0.3, -0.25) is 9.48 Å². The third kappa shape index (κ3) is 2.81. The highest BCUT2D eigenvalue weighted by Gasteiger charge is 2.04. The van der Waals surface area contributed by atoms with Gasteiger partial charge in [0.05, 0.1) is 6.54 Å². The second kappa shape index (κ2) is 4.65. The van der Waals surface area contributed by atoms with E-state index < -0.39 is 0 Å². The summed E-state index contributed by atoms with van der Waals surface area (Å²) in [6.45, 7) is 0.442. The van der Waals surface area contributed by atoms with Crippen molar-refractivity contribution in [2.45, 2.75) is 13.0 Å². The summed E-state index contributed by atoms with van der Waals surface area (Å²) in [6.07, 6.45) is 1.83. The average molecular weight is 231 g/mol. The molecule has 1 amide bonds. The molecule has 2 aromatic rings. The van der Waals surface area contributed by atoms with Crippen LogP contribution in [0.1, 0.15) is 6.42 Å². The number of carbonyl (C=O) groups is 1. The minimum absolute atomic E-state index is 0.255. The van der Waals surface area contributed by atoms with Gasteiger partial charge >= 0.3 is 0 Å². The first-order valence-corrected chi connectivity index (χ1v) is 5.19. The molecule has 0 aliphatic carbocycles. The Kier molecular flexibility index (Phi) is 3.04. The Bertz CT molecular complexity index is 517. The summed E-state index contributed by atoms with van der Waals surface area (Å²) in [7, 11) is 0. The molecule has 0 fully saturated rings. The number of aromatic nitrogens is 3. The van der Waals surface area contributed by atoms with Gasteiger partial charge in [-0.05, 0) is 24.3 Å². The zero-order chi connectivity index (χ0) is 12.3. The van der Waals surface area contributed by atoms with Crippen LogP contribution in [0.2, 0.25) is 0 Å². The fourth-order valence-electron chi connectivity index (χ4n) is 1.39. The third-order valence-corrected chi connectivity index (χ3v) is 2.29. The van der Waals surface area contributed by atoms with Crippen LogP contribution in [0.15, 0.2) is 30.6 Å². The van der Waals surface area contributed by atoms with Gasteiger partial charge in [-0.2, -0.15) is 5.10 Å². The van der Waals surface area contributed by atoms with Gasteiger partial charge in [-0.15, -0.1) is 0 Å². The average Bonchev–Trinajstić information content (AvgIpc) is 2.76. The molecule has 0 atom stereocenters. The van der Waals surface area contributed by atoms with Crippen molar-refractivity contribution in [1.82, 2.24) is 14.8 Å². The topological polar surface area (TPSA) is 99.8 Å². The summed E-state index contributed by atoms with van der Waals surface area (Å²) in [6, 6.07) is 7.28. The number of carbonyl (C=O) groups excluding carboxylic acids is 1. The van der Waals surface area contributed by atoms with E-state index in [2.05, 4.69) is 10.1 Å². The van der Waals surface area contributed by atoms with Gasteiger partial charge < -0.3 is 11.5 Å². The van der Waals surface area contributed by atoms with Crippen LogP contribution in [0, 0.1) is 0 Å². The lowest BCUT2D eigenvalue weighted by atomic mass is 10.2. The molecule has 0 bridgehead atoms. The number of nitrogens with zero attached hydrogens (tertiary/aromatic N) is 3. The van der Waals surface area contributed by atoms with E-state index in [0.29, 0.717) is 18.1 Å². The highest BCUT2D eigenvalue weighted by atomic mass is 16.1. The van der Waals surface area contributed by atoms with Crippen LogP contribution in [-0.2, 0) is 11.3 Å². The number of rotatable bonds is 4. The number of primary amides is 1. The normalized spacial score (nSPS) is 10.4.